The number of benzene rings is 1. The van der Waals surface area contributed by atoms with Crippen LogP contribution in [0.15, 0.2) is 22.7 Å². The van der Waals surface area contributed by atoms with Gasteiger partial charge in [0.25, 0.3) is 0 Å². The molecule has 0 spiro atoms. The first-order chi connectivity index (χ1) is 7.08. The number of H-pyrrole nitrogens is 1. The van der Waals surface area contributed by atoms with Gasteiger partial charge in [-0.1, -0.05) is 0 Å². The van der Waals surface area contributed by atoms with Crippen LogP contribution < -0.4 is 0 Å². The van der Waals surface area contributed by atoms with Crippen LogP contribution in [0.3, 0.4) is 0 Å². The van der Waals surface area contributed by atoms with Crippen LogP contribution in [-0.2, 0) is 0 Å². The molecule has 2 aromatic rings. The molecule has 0 radical (unpaired) electrons. The minimum atomic E-state index is 0.240. The second-order valence-corrected chi connectivity index (χ2v) is 4.32. The Morgan fingerprint density at radius 1 is 1.33 bits per heavy atom. The quantitative estimate of drug-likeness (QED) is 0.833. The van der Waals surface area contributed by atoms with Crippen molar-refractivity contribution in [1.82, 2.24) is 9.97 Å². The van der Waals surface area contributed by atoms with Crippen molar-refractivity contribution in [2.24, 2.45) is 0 Å². The van der Waals surface area contributed by atoms with Crippen LogP contribution in [0.25, 0.3) is 11.3 Å². The fourth-order valence-corrected chi connectivity index (χ4v) is 1.92. The number of aromatic amines is 1. The van der Waals surface area contributed by atoms with E-state index in [1.54, 1.807) is 6.07 Å². The first-order valence-electron chi connectivity index (χ1n) is 4.60. The maximum atomic E-state index is 9.39. The predicted molar refractivity (Wildman–Crippen MR) is 62.9 cm³/mol. The molecule has 0 aliphatic heterocycles. The molecule has 78 valence electrons. The number of nitrogens with zero attached hydrogens (tertiary/aromatic N) is 1. The number of nitrogens with one attached hydrogen (secondary N) is 1. The molecule has 1 aromatic heterocycles. The highest BCUT2D eigenvalue weighted by molar-refractivity contribution is 9.10. The van der Waals surface area contributed by atoms with Crippen LogP contribution in [0, 0.1) is 13.8 Å². The van der Waals surface area contributed by atoms with E-state index in [0.29, 0.717) is 4.47 Å². The highest BCUT2D eigenvalue weighted by atomic mass is 79.9. The van der Waals surface area contributed by atoms with Gasteiger partial charge < -0.3 is 10.1 Å². The van der Waals surface area contributed by atoms with Crippen molar-refractivity contribution in [2.75, 3.05) is 0 Å². The van der Waals surface area contributed by atoms with E-state index >= 15 is 0 Å². The predicted octanol–water partition coefficient (Wildman–Crippen LogP) is 3.16. The number of halogens is 1. The molecular weight excluding hydrogens is 256 g/mol. The number of aromatic nitrogens is 2. The number of phenolic OH excluding ortho intramolecular Hbond substituents is 1. The van der Waals surface area contributed by atoms with Gasteiger partial charge in [-0.15, -0.1) is 0 Å². The van der Waals surface area contributed by atoms with Crippen molar-refractivity contribution in [3.63, 3.8) is 0 Å². The Balaban J connectivity index is 2.54. The van der Waals surface area contributed by atoms with Crippen molar-refractivity contribution in [2.45, 2.75) is 13.8 Å². The van der Waals surface area contributed by atoms with Gasteiger partial charge in [-0.2, -0.15) is 0 Å². The van der Waals surface area contributed by atoms with Crippen LogP contribution in [0.1, 0.15) is 11.5 Å². The van der Waals surface area contributed by atoms with Crippen molar-refractivity contribution >= 4 is 15.9 Å². The van der Waals surface area contributed by atoms with E-state index in [0.717, 1.165) is 22.8 Å². The minimum Gasteiger partial charge on any atom is -0.507 e. The van der Waals surface area contributed by atoms with Gasteiger partial charge in [-0.05, 0) is 48.0 Å². The van der Waals surface area contributed by atoms with Gasteiger partial charge in [-0.3, -0.25) is 0 Å². The lowest BCUT2D eigenvalue weighted by atomic mass is 10.1. The third-order valence-electron chi connectivity index (χ3n) is 2.22. The number of aromatic hydroxyl groups is 1. The Labute approximate surface area is 96.3 Å². The Bertz CT molecular complexity index is 505. The number of imidazole rings is 1. The normalized spacial score (nSPS) is 10.6. The van der Waals surface area contributed by atoms with Crippen LogP contribution in [0.2, 0.25) is 0 Å². The lowest BCUT2D eigenvalue weighted by Crippen LogP contribution is -1.81. The topological polar surface area (TPSA) is 48.9 Å². The first kappa shape index (κ1) is 10.2. The van der Waals surface area contributed by atoms with E-state index in [4.69, 9.17) is 0 Å². The van der Waals surface area contributed by atoms with Gasteiger partial charge in [0, 0.05) is 11.3 Å². The summed E-state index contributed by atoms with van der Waals surface area (Å²) in [6.07, 6.45) is 0. The number of phenols is 1. The lowest BCUT2D eigenvalue weighted by Gasteiger charge is -2.01. The Kier molecular flexibility index (Phi) is 2.52. The second kappa shape index (κ2) is 3.70. The smallest absolute Gasteiger partial charge is 0.129 e. The molecule has 4 heteroatoms. The van der Waals surface area contributed by atoms with Crippen LogP contribution in [0.4, 0.5) is 0 Å². The van der Waals surface area contributed by atoms with Crippen LogP contribution in [-0.4, -0.2) is 15.1 Å². The molecule has 1 heterocycles. The molecule has 2 rings (SSSR count). The van der Waals surface area contributed by atoms with E-state index < -0.39 is 0 Å². The fourth-order valence-electron chi connectivity index (χ4n) is 1.55. The maximum Gasteiger partial charge on any atom is 0.129 e. The van der Waals surface area contributed by atoms with Gasteiger partial charge in [0.05, 0.1) is 10.2 Å². The second-order valence-electron chi connectivity index (χ2n) is 3.46. The lowest BCUT2D eigenvalue weighted by molar-refractivity contribution is 0.472. The third-order valence-corrected chi connectivity index (χ3v) is 2.86. The number of aryl methyl sites for hydroxylation is 2. The molecule has 0 bridgehead atoms. The highest BCUT2D eigenvalue weighted by Crippen LogP contribution is 2.30. The maximum absolute atomic E-state index is 9.39. The van der Waals surface area contributed by atoms with Gasteiger partial charge in [-0.25, -0.2) is 4.98 Å². The molecule has 3 nitrogen and oxygen atoms in total. The zero-order valence-electron chi connectivity index (χ0n) is 8.50. The van der Waals surface area contributed by atoms with Crippen LogP contribution >= 0.6 is 15.9 Å². The molecule has 1 aromatic carbocycles. The molecule has 0 fully saturated rings. The molecule has 0 aliphatic carbocycles. The van der Waals surface area contributed by atoms with Gasteiger partial charge in [0.15, 0.2) is 0 Å². The van der Waals surface area contributed by atoms with Crippen molar-refractivity contribution in [1.29, 1.82) is 0 Å². The van der Waals surface area contributed by atoms with E-state index in [1.807, 2.05) is 26.0 Å². The molecule has 2 N–H and O–H groups in total. The summed E-state index contributed by atoms with van der Waals surface area (Å²) in [5.74, 6) is 1.13. The summed E-state index contributed by atoms with van der Waals surface area (Å²) in [7, 11) is 0. The number of hydrogen-bond acceptors (Lipinski definition) is 2. The first-order valence-corrected chi connectivity index (χ1v) is 5.39. The van der Waals surface area contributed by atoms with E-state index in [2.05, 4.69) is 25.9 Å². The molecular formula is C11H11BrN2O. The van der Waals surface area contributed by atoms with E-state index in [1.165, 1.54) is 0 Å². The largest absolute Gasteiger partial charge is 0.507 e. The molecule has 0 saturated heterocycles. The standard InChI is InChI=1S/C11H11BrN2O/c1-6-11(14-7(2)13-6)8-3-4-10(15)9(12)5-8/h3-5,15H,1-2H3,(H,13,14). The average Bonchev–Trinajstić information content (AvgIpc) is 2.50. The molecule has 15 heavy (non-hydrogen) atoms. The molecule has 0 aliphatic rings. The summed E-state index contributed by atoms with van der Waals surface area (Å²) >= 11 is 3.29. The van der Waals surface area contributed by atoms with Gasteiger partial charge in [0.2, 0.25) is 0 Å². The average molecular weight is 267 g/mol. The van der Waals surface area contributed by atoms with Crippen molar-refractivity contribution < 1.29 is 5.11 Å². The van der Waals surface area contributed by atoms with E-state index in [9.17, 15) is 5.11 Å². The zero-order valence-corrected chi connectivity index (χ0v) is 10.1. The summed E-state index contributed by atoms with van der Waals surface area (Å²) in [5.41, 5.74) is 2.94. The SMILES string of the molecule is Cc1nc(-c2ccc(O)c(Br)c2)c(C)[nH]1. The third kappa shape index (κ3) is 1.90. The summed E-state index contributed by atoms with van der Waals surface area (Å²) in [5, 5.41) is 9.39. The highest BCUT2D eigenvalue weighted by Gasteiger charge is 2.08. The molecule has 0 amide bonds. The Morgan fingerprint density at radius 3 is 2.60 bits per heavy atom. The van der Waals surface area contributed by atoms with Gasteiger partial charge in [0.1, 0.15) is 11.6 Å². The summed E-state index contributed by atoms with van der Waals surface area (Å²) < 4.78 is 0.681. The van der Waals surface area contributed by atoms with Crippen LogP contribution in [0.5, 0.6) is 5.75 Å². The van der Waals surface area contributed by atoms with Gasteiger partial charge >= 0.3 is 0 Å². The molecule has 0 atom stereocenters. The van der Waals surface area contributed by atoms with Crippen molar-refractivity contribution in [3.05, 3.63) is 34.2 Å². The Morgan fingerprint density at radius 2 is 2.07 bits per heavy atom. The molecule has 0 unspecified atom stereocenters. The summed E-state index contributed by atoms with van der Waals surface area (Å²) in [4.78, 5) is 7.54. The van der Waals surface area contributed by atoms with Crippen molar-refractivity contribution in [3.8, 4) is 17.0 Å². The monoisotopic (exact) mass is 266 g/mol. The van der Waals surface area contributed by atoms with E-state index in [-0.39, 0.29) is 5.75 Å². The fraction of sp³-hybridized carbons (Fsp3) is 0.182. The summed E-state index contributed by atoms with van der Waals surface area (Å²) in [6.45, 7) is 3.90. The molecule has 0 saturated carbocycles. The summed E-state index contributed by atoms with van der Waals surface area (Å²) in [6, 6.07) is 5.36. The zero-order chi connectivity index (χ0) is 11.0. The Hall–Kier alpha value is -1.29. The number of rotatable bonds is 1. The minimum absolute atomic E-state index is 0.240. The number of hydrogen-bond donors (Lipinski definition) is 2.